The molecule has 1 fully saturated rings. The maximum atomic E-state index is 9.06. The van der Waals surface area contributed by atoms with Gasteiger partial charge in [0.2, 0.25) is 12.4 Å². The first-order chi connectivity index (χ1) is 23.8. The van der Waals surface area contributed by atoms with Gasteiger partial charge in [-0.3, -0.25) is 14.7 Å². The van der Waals surface area contributed by atoms with E-state index < -0.39 is 0 Å². The fourth-order valence-corrected chi connectivity index (χ4v) is 5.32. The predicted molar refractivity (Wildman–Crippen MR) is 198 cm³/mol. The molecule has 1 aliphatic rings. The van der Waals surface area contributed by atoms with Crippen LogP contribution in [-0.2, 0) is 11.4 Å². The summed E-state index contributed by atoms with van der Waals surface area (Å²) >= 11 is 6.48. The molecule has 1 saturated heterocycles. The number of aromatic nitrogens is 3. The molecule has 0 bridgehead atoms. The summed E-state index contributed by atoms with van der Waals surface area (Å²) in [6.45, 7) is 11.4. The van der Waals surface area contributed by atoms with Gasteiger partial charge in [0, 0.05) is 68.7 Å². The zero-order valence-electron chi connectivity index (χ0n) is 28.3. The Morgan fingerprint density at radius 1 is 1.14 bits per heavy atom. The SMILES string of the molecule is C=CC(=C\NCCC(CC/C=C/O)N1CCN(C)CC1)/C=C(\C)Nc1nccc(Nc2ccc(OCc3ccccn3)c(Cl)c2)n1.NC=O. The number of nitrogens with one attached hydrogen (secondary N) is 3. The van der Waals surface area contributed by atoms with Crippen LogP contribution in [-0.4, -0.2) is 82.1 Å². The number of anilines is 3. The van der Waals surface area contributed by atoms with Gasteiger partial charge in [0.15, 0.2) is 0 Å². The molecule has 0 saturated carbocycles. The number of likely N-dealkylation sites (N-methyl/N-ethyl adjacent to an activating group) is 1. The average molecular weight is 690 g/mol. The summed E-state index contributed by atoms with van der Waals surface area (Å²) < 4.78 is 5.83. The molecule has 6 N–H and O–H groups in total. The molecule has 1 atom stereocenters. The molecule has 1 unspecified atom stereocenters. The summed E-state index contributed by atoms with van der Waals surface area (Å²) in [6, 6.07) is 13.4. The van der Waals surface area contributed by atoms with Crippen LogP contribution in [0.5, 0.6) is 5.75 Å². The van der Waals surface area contributed by atoms with Crippen molar-refractivity contribution in [2.24, 2.45) is 5.73 Å². The van der Waals surface area contributed by atoms with Crippen molar-refractivity contribution in [1.82, 2.24) is 30.1 Å². The molecule has 0 radical (unpaired) electrons. The molecule has 3 heterocycles. The number of aliphatic hydroxyl groups excluding tert-OH is 1. The second-order valence-corrected chi connectivity index (χ2v) is 11.7. The third-order valence-electron chi connectivity index (χ3n) is 7.61. The van der Waals surface area contributed by atoms with E-state index in [0.29, 0.717) is 35.2 Å². The third kappa shape index (κ3) is 14.4. The normalized spacial score (nSPS) is 14.8. The maximum absolute atomic E-state index is 9.06. The lowest BCUT2D eigenvalue weighted by atomic mass is 10.0. The van der Waals surface area contributed by atoms with Crippen LogP contribution < -0.4 is 26.4 Å². The van der Waals surface area contributed by atoms with Gasteiger partial charge in [0.25, 0.3) is 0 Å². The molecule has 262 valence electrons. The molecule has 49 heavy (non-hydrogen) atoms. The van der Waals surface area contributed by atoms with Gasteiger partial charge in [0.1, 0.15) is 18.2 Å². The number of ether oxygens (including phenoxy) is 1. The highest BCUT2D eigenvalue weighted by atomic mass is 35.5. The Kier molecular flexibility index (Phi) is 17.2. The number of pyridine rings is 1. The molecule has 0 aliphatic carbocycles. The van der Waals surface area contributed by atoms with Crippen molar-refractivity contribution in [2.45, 2.75) is 38.8 Å². The first-order valence-electron chi connectivity index (χ1n) is 16.2. The molecule has 3 aromatic rings. The van der Waals surface area contributed by atoms with Crippen molar-refractivity contribution in [2.75, 3.05) is 50.4 Å². The molecule has 4 rings (SSSR count). The number of piperazine rings is 1. The number of halogens is 1. The lowest BCUT2D eigenvalue weighted by Crippen LogP contribution is -2.49. The minimum absolute atomic E-state index is 0.250. The number of carbonyl (C=O) groups excluding carboxylic acids is 1. The molecule has 1 amide bonds. The average Bonchev–Trinajstić information content (AvgIpc) is 3.10. The van der Waals surface area contributed by atoms with Gasteiger partial charge in [0.05, 0.1) is 17.0 Å². The summed E-state index contributed by atoms with van der Waals surface area (Å²) in [7, 11) is 2.17. The van der Waals surface area contributed by atoms with Crippen LogP contribution in [0.1, 0.15) is 31.9 Å². The quantitative estimate of drug-likeness (QED) is 0.0507. The van der Waals surface area contributed by atoms with E-state index >= 15 is 0 Å². The number of hydrogen-bond donors (Lipinski definition) is 5. The highest BCUT2D eigenvalue weighted by Gasteiger charge is 2.21. The Balaban J connectivity index is 0.00000209. The lowest BCUT2D eigenvalue weighted by Gasteiger charge is -2.38. The number of carbonyl (C=O) groups is 1. The summed E-state index contributed by atoms with van der Waals surface area (Å²) in [4.78, 5) is 26.8. The third-order valence-corrected chi connectivity index (χ3v) is 7.90. The first kappa shape index (κ1) is 38.5. The Morgan fingerprint density at radius 3 is 2.63 bits per heavy atom. The highest BCUT2D eigenvalue weighted by Crippen LogP contribution is 2.29. The van der Waals surface area contributed by atoms with Gasteiger partial charge in [-0.15, -0.1) is 0 Å². The second-order valence-electron chi connectivity index (χ2n) is 11.3. The number of nitrogens with two attached hydrogens (primary N) is 1. The Labute approximate surface area is 294 Å². The largest absolute Gasteiger partial charge is 0.516 e. The molecule has 2 aromatic heterocycles. The van der Waals surface area contributed by atoms with Crippen LogP contribution in [0.3, 0.4) is 0 Å². The van der Waals surface area contributed by atoms with Crippen molar-refractivity contribution in [3.05, 3.63) is 114 Å². The fraction of sp³-hybridized carbons (Fsp3) is 0.333. The number of primary amides is 1. The molecule has 13 heteroatoms. The molecule has 1 aliphatic heterocycles. The van der Waals surface area contributed by atoms with Crippen LogP contribution in [0.4, 0.5) is 17.5 Å². The van der Waals surface area contributed by atoms with E-state index in [1.807, 2.05) is 61.7 Å². The molecule has 12 nitrogen and oxygen atoms in total. The van der Waals surface area contributed by atoms with E-state index in [-0.39, 0.29) is 6.41 Å². The van der Waals surface area contributed by atoms with Crippen molar-refractivity contribution in [1.29, 1.82) is 0 Å². The standard InChI is InChI=1S/C35H45ClN8O2.CH3NO/c1-4-28(25-37-16-13-31(10-6-8-22-45)44-20-18-43(3)19-21-44)23-27(2)40-35-39-17-14-34(42-35)41-29-11-12-33(32(36)24-29)46-26-30-9-5-7-15-38-30;2-1-3/h4-5,7-9,11-12,14-15,17,22-25,31,37,45H,1,6,10,13,16,18-21,26H2,2-3H3,(H2,39,40,41,42);1H,(H2,2,3)/b22-8+,27-23+,28-25+;. The van der Waals surface area contributed by atoms with Crippen molar-refractivity contribution in [3.63, 3.8) is 0 Å². The van der Waals surface area contributed by atoms with Crippen LogP contribution in [0.15, 0.2) is 103 Å². The minimum atomic E-state index is 0.250. The number of amides is 1. The van der Waals surface area contributed by atoms with E-state index in [0.717, 1.165) is 80.9 Å². The smallest absolute Gasteiger partial charge is 0.228 e. The number of aliphatic hydroxyl groups is 1. The van der Waals surface area contributed by atoms with E-state index in [2.05, 4.69) is 60.1 Å². The van der Waals surface area contributed by atoms with Crippen LogP contribution in [0.2, 0.25) is 5.02 Å². The minimum Gasteiger partial charge on any atom is -0.516 e. The van der Waals surface area contributed by atoms with Crippen molar-refractivity contribution < 1.29 is 14.6 Å². The number of benzene rings is 1. The fourth-order valence-electron chi connectivity index (χ4n) is 5.09. The van der Waals surface area contributed by atoms with E-state index in [9.17, 15) is 0 Å². The number of rotatable bonds is 17. The first-order valence-corrected chi connectivity index (χ1v) is 16.5. The number of nitrogens with zero attached hydrogens (tertiary/aromatic N) is 5. The molecular formula is C36H48ClN9O3. The van der Waals surface area contributed by atoms with Crippen LogP contribution in [0, 0.1) is 0 Å². The molecule has 1 aromatic carbocycles. The zero-order chi connectivity index (χ0) is 35.3. The van der Waals surface area contributed by atoms with E-state index in [1.54, 1.807) is 24.5 Å². The van der Waals surface area contributed by atoms with Gasteiger partial charge < -0.3 is 36.4 Å². The predicted octanol–water partition coefficient (Wildman–Crippen LogP) is 5.78. The van der Waals surface area contributed by atoms with Gasteiger partial charge in [-0.2, -0.15) is 4.98 Å². The monoisotopic (exact) mass is 689 g/mol. The number of allylic oxidation sites excluding steroid dienone is 5. The summed E-state index contributed by atoms with van der Waals surface area (Å²) in [5, 5.41) is 19.5. The van der Waals surface area contributed by atoms with Crippen molar-refractivity contribution >= 4 is 35.5 Å². The topological polar surface area (TPSA) is 154 Å². The van der Waals surface area contributed by atoms with Gasteiger partial charge in [-0.25, -0.2) is 4.98 Å². The summed E-state index contributed by atoms with van der Waals surface area (Å²) in [5.41, 5.74) is 7.58. The summed E-state index contributed by atoms with van der Waals surface area (Å²) in [6.07, 6.45) is 15.4. The Morgan fingerprint density at radius 2 is 1.94 bits per heavy atom. The molecular weight excluding hydrogens is 642 g/mol. The Hall–Kier alpha value is -4.91. The van der Waals surface area contributed by atoms with E-state index in [4.69, 9.17) is 26.2 Å². The van der Waals surface area contributed by atoms with Gasteiger partial charge in [-0.05, 0) is 81.3 Å². The number of hydrogen-bond acceptors (Lipinski definition) is 11. The summed E-state index contributed by atoms with van der Waals surface area (Å²) in [5.74, 6) is 1.66. The lowest BCUT2D eigenvalue weighted by molar-refractivity contribution is -0.106. The molecule has 0 spiro atoms. The van der Waals surface area contributed by atoms with Crippen LogP contribution >= 0.6 is 11.6 Å². The van der Waals surface area contributed by atoms with Crippen LogP contribution in [0.25, 0.3) is 0 Å². The van der Waals surface area contributed by atoms with Crippen molar-refractivity contribution in [3.8, 4) is 5.75 Å². The maximum Gasteiger partial charge on any atom is 0.228 e. The van der Waals surface area contributed by atoms with Gasteiger partial charge in [-0.1, -0.05) is 36.4 Å². The zero-order valence-corrected chi connectivity index (χ0v) is 29.0. The highest BCUT2D eigenvalue weighted by molar-refractivity contribution is 6.32. The van der Waals surface area contributed by atoms with E-state index in [1.165, 1.54) is 0 Å². The Bertz CT molecular complexity index is 1530. The van der Waals surface area contributed by atoms with Gasteiger partial charge >= 0.3 is 0 Å². The second kappa shape index (κ2) is 21.9.